The van der Waals surface area contributed by atoms with Gasteiger partial charge in [0.2, 0.25) is 0 Å². The van der Waals surface area contributed by atoms with Gasteiger partial charge in [0.25, 0.3) is 5.91 Å². The molecule has 104 valence electrons. The van der Waals surface area contributed by atoms with Gasteiger partial charge in [-0.25, -0.2) is 0 Å². The fraction of sp³-hybridized carbons (Fsp3) is 0.235. The molecule has 0 aliphatic carbocycles. The van der Waals surface area contributed by atoms with Crippen molar-refractivity contribution < 1.29 is 4.79 Å². The molecule has 0 radical (unpaired) electrons. The van der Waals surface area contributed by atoms with E-state index >= 15 is 0 Å². The average molecular weight is 379 g/mol. The highest BCUT2D eigenvalue weighted by Gasteiger charge is 2.15. The van der Waals surface area contributed by atoms with E-state index in [4.69, 9.17) is 0 Å². The number of nitrogens with one attached hydrogen (secondary N) is 1. The number of rotatable bonds is 2. The van der Waals surface area contributed by atoms with Crippen LogP contribution in [0, 0.1) is 3.57 Å². The summed E-state index contributed by atoms with van der Waals surface area (Å²) in [6.45, 7) is 6.48. The van der Waals surface area contributed by atoms with Gasteiger partial charge in [0, 0.05) is 9.26 Å². The Kier molecular flexibility index (Phi) is 4.48. The van der Waals surface area contributed by atoms with Gasteiger partial charge in [-0.05, 0) is 57.8 Å². The highest BCUT2D eigenvalue weighted by atomic mass is 127. The van der Waals surface area contributed by atoms with Crippen molar-refractivity contribution in [3.8, 4) is 0 Å². The average Bonchev–Trinajstić information content (AvgIpc) is 2.38. The molecule has 0 saturated heterocycles. The largest absolute Gasteiger partial charge is 0.322 e. The first-order valence-corrected chi connectivity index (χ1v) is 7.62. The first-order chi connectivity index (χ1) is 9.38. The Bertz CT molecular complexity index is 629. The van der Waals surface area contributed by atoms with Crippen LogP contribution in [0.4, 0.5) is 5.69 Å². The maximum Gasteiger partial charge on any atom is 0.256 e. The van der Waals surface area contributed by atoms with E-state index < -0.39 is 0 Å². The van der Waals surface area contributed by atoms with E-state index in [2.05, 4.69) is 54.7 Å². The van der Waals surface area contributed by atoms with Crippen LogP contribution in [0.1, 0.15) is 36.7 Å². The monoisotopic (exact) mass is 379 g/mol. The van der Waals surface area contributed by atoms with Crippen LogP contribution >= 0.6 is 22.6 Å². The van der Waals surface area contributed by atoms with Gasteiger partial charge in [-0.3, -0.25) is 4.79 Å². The molecule has 2 aromatic carbocycles. The summed E-state index contributed by atoms with van der Waals surface area (Å²) >= 11 is 2.18. The molecule has 0 heterocycles. The number of carbonyl (C=O) groups excluding carboxylic acids is 1. The number of anilines is 1. The van der Waals surface area contributed by atoms with Gasteiger partial charge in [0.1, 0.15) is 0 Å². The number of hydrogen-bond donors (Lipinski definition) is 1. The molecule has 1 amide bonds. The molecule has 0 aliphatic heterocycles. The van der Waals surface area contributed by atoms with Crippen molar-refractivity contribution in [2.24, 2.45) is 0 Å². The zero-order chi connectivity index (χ0) is 14.8. The van der Waals surface area contributed by atoms with Crippen LogP contribution in [-0.2, 0) is 5.41 Å². The van der Waals surface area contributed by atoms with Crippen molar-refractivity contribution in [3.63, 3.8) is 0 Å². The molecular formula is C17H18INO. The van der Waals surface area contributed by atoms with Crippen molar-refractivity contribution in [2.75, 3.05) is 5.32 Å². The Morgan fingerprint density at radius 2 is 1.75 bits per heavy atom. The summed E-state index contributed by atoms with van der Waals surface area (Å²) < 4.78 is 0.953. The lowest BCUT2D eigenvalue weighted by atomic mass is 9.87. The molecule has 0 atom stereocenters. The number of hydrogen-bond acceptors (Lipinski definition) is 1. The molecule has 0 spiro atoms. The van der Waals surface area contributed by atoms with Crippen molar-refractivity contribution in [3.05, 3.63) is 63.2 Å². The summed E-state index contributed by atoms with van der Waals surface area (Å²) in [7, 11) is 0. The van der Waals surface area contributed by atoms with E-state index in [1.165, 1.54) is 5.56 Å². The molecule has 2 aromatic rings. The lowest BCUT2D eigenvalue weighted by Gasteiger charge is -2.20. The summed E-state index contributed by atoms with van der Waals surface area (Å²) in [5.41, 5.74) is 2.82. The molecule has 0 aromatic heterocycles. The number of halogens is 1. The standard InChI is InChI=1S/C17H18INO/c1-17(2,3)12-7-6-8-13(11-12)19-16(20)14-9-4-5-10-15(14)18/h4-11H,1-3H3,(H,19,20). The van der Waals surface area contributed by atoms with E-state index in [9.17, 15) is 4.79 Å². The summed E-state index contributed by atoms with van der Waals surface area (Å²) in [5, 5.41) is 2.97. The zero-order valence-electron chi connectivity index (χ0n) is 11.9. The highest BCUT2D eigenvalue weighted by molar-refractivity contribution is 14.1. The first-order valence-electron chi connectivity index (χ1n) is 6.54. The molecule has 0 aliphatic rings. The third-order valence-electron chi connectivity index (χ3n) is 3.10. The van der Waals surface area contributed by atoms with Crippen LogP contribution in [-0.4, -0.2) is 5.91 Å². The smallest absolute Gasteiger partial charge is 0.256 e. The van der Waals surface area contributed by atoms with Gasteiger partial charge >= 0.3 is 0 Å². The van der Waals surface area contributed by atoms with Crippen LogP contribution in [0.15, 0.2) is 48.5 Å². The van der Waals surface area contributed by atoms with Crippen LogP contribution < -0.4 is 5.32 Å². The molecule has 3 heteroatoms. The molecule has 0 fully saturated rings. The van der Waals surface area contributed by atoms with Crippen molar-refractivity contribution >= 4 is 34.2 Å². The maximum absolute atomic E-state index is 12.3. The summed E-state index contributed by atoms with van der Waals surface area (Å²) in [6.07, 6.45) is 0. The van der Waals surface area contributed by atoms with E-state index in [1.807, 2.05) is 42.5 Å². The highest BCUT2D eigenvalue weighted by Crippen LogP contribution is 2.25. The van der Waals surface area contributed by atoms with Crippen LogP contribution in [0.25, 0.3) is 0 Å². The van der Waals surface area contributed by atoms with E-state index in [0.29, 0.717) is 5.56 Å². The number of carbonyl (C=O) groups is 1. The van der Waals surface area contributed by atoms with Gasteiger partial charge in [-0.15, -0.1) is 0 Å². The Morgan fingerprint density at radius 3 is 2.40 bits per heavy atom. The van der Waals surface area contributed by atoms with Gasteiger partial charge in [-0.1, -0.05) is 45.0 Å². The second kappa shape index (κ2) is 5.95. The lowest BCUT2D eigenvalue weighted by molar-refractivity contribution is 0.102. The molecule has 0 unspecified atom stereocenters. The minimum absolute atomic E-state index is 0.0685. The summed E-state index contributed by atoms with van der Waals surface area (Å²) in [4.78, 5) is 12.3. The minimum atomic E-state index is -0.0685. The third-order valence-corrected chi connectivity index (χ3v) is 4.05. The Balaban J connectivity index is 2.23. The van der Waals surface area contributed by atoms with Crippen molar-refractivity contribution in [1.82, 2.24) is 0 Å². The predicted octanol–water partition coefficient (Wildman–Crippen LogP) is 4.84. The van der Waals surface area contributed by atoms with Gasteiger partial charge in [0.05, 0.1) is 5.56 Å². The normalized spacial score (nSPS) is 11.2. The van der Waals surface area contributed by atoms with Gasteiger partial charge in [-0.2, -0.15) is 0 Å². The number of benzene rings is 2. The van der Waals surface area contributed by atoms with Crippen LogP contribution in [0.2, 0.25) is 0 Å². The summed E-state index contributed by atoms with van der Waals surface area (Å²) in [5.74, 6) is -0.0685. The van der Waals surface area contributed by atoms with E-state index in [0.717, 1.165) is 9.26 Å². The molecule has 0 saturated carbocycles. The molecule has 20 heavy (non-hydrogen) atoms. The fourth-order valence-electron chi connectivity index (χ4n) is 1.91. The fourth-order valence-corrected chi connectivity index (χ4v) is 2.54. The third kappa shape index (κ3) is 3.60. The lowest BCUT2D eigenvalue weighted by Crippen LogP contribution is -2.15. The molecule has 2 rings (SSSR count). The molecular weight excluding hydrogens is 361 g/mol. The Hall–Kier alpha value is -1.36. The van der Waals surface area contributed by atoms with Crippen molar-refractivity contribution in [2.45, 2.75) is 26.2 Å². The van der Waals surface area contributed by atoms with Crippen LogP contribution in [0.3, 0.4) is 0 Å². The minimum Gasteiger partial charge on any atom is -0.322 e. The quantitative estimate of drug-likeness (QED) is 0.744. The Labute approximate surface area is 133 Å². The van der Waals surface area contributed by atoms with Crippen LogP contribution in [0.5, 0.6) is 0 Å². The van der Waals surface area contributed by atoms with Gasteiger partial charge in [0.15, 0.2) is 0 Å². The van der Waals surface area contributed by atoms with Crippen molar-refractivity contribution in [1.29, 1.82) is 0 Å². The predicted molar refractivity (Wildman–Crippen MR) is 92.3 cm³/mol. The molecule has 1 N–H and O–H groups in total. The first kappa shape index (κ1) is 15.0. The Morgan fingerprint density at radius 1 is 1.05 bits per heavy atom. The molecule has 0 bridgehead atoms. The second-order valence-electron chi connectivity index (χ2n) is 5.76. The van der Waals surface area contributed by atoms with E-state index in [-0.39, 0.29) is 11.3 Å². The summed E-state index contributed by atoms with van der Waals surface area (Å²) in [6, 6.07) is 15.6. The number of amides is 1. The SMILES string of the molecule is CC(C)(C)c1cccc(NC(=O)c2ccccc2I)c1. The topological polar surface area (TPSA) is 29.1 Å². The van der Waals surface area contributed by atoms with E-state index in [1.54, 1.807) is 0 Å². The van der Waals surface area contributed by atoms with Gasteiger partial charge < -0.3 is 5.32 Å². The maximum atomic E-state index is 12.3. The second-order valence-corrected chi connectivity index (χ2v) is 6.93. The molecule has 2 nitrogen and oxygen atoms in total. The zero-order valence-corrected chi connectivity index (χ0v) is 14.1.